The molecule has 0 aliphatic heterocycles. The second kappa shape index (κ2) is 6.51. The summed E-state index contributed by atoms with van der Waals surface area (Å²) >= 11 is 0. The van der Waals surface area contributed by atoms with E-state index in [2.05, 4.69) is 48.5 Å². The number of aliphatic hydroxyl groups excluding tert-OH is 1. The third-order valence-electron chi connectivity index (χ3n) is 13.4. The Balaban J connectivity index is 1.52. The number of aliphatic hydroxyl groups is 1. The number of rotatable bonds is 1. The van der Waals surface area contributed by atoms with Gasteiger partial charge in [0.05, 0.1) is 6.10 Å². The van der Waals surface area contributed by atoms with Crippen molar-refractivity contribution in [2.45, 2.75) is 125 Å². The molecule has 0 amide bonds. The smallest absolute Gasteiger partial charge is 0.0543 e. The third-order valence-corrected chi connectivity index (χ3v) is 13.4. The molecule has 0 aromatic rings. The van der Waals surface area contributed by atoms with Gasteiger partial charge in [0.15, 0.2) is 0 Å². The lowest BCUT2D eigenvalue weighted by atomic mass is 9.32. The van der Waals surface area contributed by atoms with Gasteiger partial charge in [-0.1, -0.05) is 48.0 Å². The first-order chi connectivity index (χ1) is 13.9. The maximum atomic E-state index is 10.5. The number of hydrogen-bond acceptors (Lipinski definition) is 1. The third kappa shape index (κ3) is 2.51. The van der Waals surface area contributed by atoms with Crippen LogP contribution in [-0.4, -0.2) is 11.2 Å². The highest BCUT2D eigenvalue weighted by molar-refractivity contribution is 5.19. The van der Waals surface area contributed by atoms with E-state index < -0.39 is 0 Å². The zero-order valence-corrected chi connectivity index (χ0v) is 21.2. The van der Waals surface area contributed by atoms with Crippen molar-refractivity contribution in [2.24, 2.45) is 56.7 Å². The SMILES string of the molecule is C[C@H](O)[C@H]1CC[C@]2(C)[C@H]3CC[C@@H]4[C@@]5(C)CCCC(C)(C)[C@H]5CC[C@@]4(C)[C@]3(C)CC[C@@H]12. The summed E-state index contributed by atoms with van der Waals surface area (Å²) in [7, 11) is 0. The zero-order valence-electron chi connectivity index (χ0n) is 21.2. The predicted molar refractivity (Wildman–Crippen MR) is 126 cm³/mol. The van der Waals surface area contributed by atoms with E-state index in [1.54, 1.807) is 0 Å². The fourth-order valence-corrected chi connectivity index (χ4v) is 11.9. The van der Waals surface area contributed by atoms with Crippen LogP contribution < -0.4 is 0 Å². The molecule has 5 fully saturated rings. The Morgan fingerprint density at radius 3 is 1.87 bits per heavy atom. The van der Waals surface area contributed by atoms with Crippen LogP contribution in [0.1, 0.15) is 119 Å². The first kappa shape index (κ1) is 21.8. The van der Waals surface area contributed by atoms with Crippen molar-refractivity contribution in [3.05, 3.63) is 0 Å². The average Bonchev–Trinajstić information content (AvgIpc) is 2.99. The molecular formula is C29H50O. The highest BCUT2D eigenvalue weighted by Crippen LogP contribution is 2.77. The maximum absolute atomic E-state index is 10.5. The molecule has 0 bridgehead atoms. The molecule has 172 valence electrons. The van der Waals surface area contributed by atoms with Crippen LogP contribution in [0.15, 0.2) is 0 Å². The van der Waals surface area contributed by atoms with Gasteiger partial charge in [-0.05, 0) is 128 Å². The molecule has 0 aromatic carbocycles. The lowest BCUT2D eigenvalue weighted by molar-refractivity contribution is -0.241. The Morgan fingerprint density at radius 1 is 0.633 bits per heavy atom. The number of hydrogen-bond donors (Lipinski definition) is 1. The zero-order chi connectivity index (χ0) is 21.7. The largest absolute Gasteiger partial charge is 0.393 e. The normalized spacial score (nSPS) is 58.2. The number of fused-ring (bicyclic) bond motifs is 7. The van der Waals surface area contributed by atoms with E-state index in [4.69, 9.17) is 0 Å². The molecule has 30 heavy (non-hydrogen) atoms. The molecule has 0 radical (unpaired) electrons. The molecule has 5 aliphatic rings. The van der Waals surface area contributed by atoms with Gasteiger partial charge in [-0.2, -0.15) is 0 Å². The molecule has 5 aliphatic carbocycles. The highest BCUT2D eigenvalue weighted by Gasteiger charge is 2.70. The van der Waals surface area contributed by atoms with Gasteiger partial charge < -0.3 is 5.11 Å². The standard InChI is InChI=1S/C29H50O/c1-19(30)20-11-16-26(4)21(20)12-17-28(6)23(26)9-10-24-27(5)15-8-14-25(2,3)22(27)13-18-29(24,28)7/h19-24,30H,8-18H2,1-7H3/t19-,20+,21-,22+,23+,24+,26-,27-,28+,29+/m0/s1. The van der Waals surface area contributed by atoms with Crippen LogP contribution >= 0.6 is 0 Å². The van der Waals surface area contributed by atoms with E-state index in [-0.39, 0.29) is 6.10 Å². The molecule has 0 unspecified atom stereocenters. The molecule has 0 aromatic heterocycles. The second-order valence-electron chi connectivity index (χ2n) is 14.6. The quantitative estimate of drug-likeness (QED) is 0.463. The minimum Gasteiger partial charge on any atom is -0.393 e. The molecule has 5 saturated carbocycles. The Morgan fingerprint density at radius 2 is 1.23 bits per heavy atom. The average molecular weight is 415 g/mol. The van der Waals surface area contributed by atoms with Crippen molar-refractivity contribution in [2.75, 3.05) is 0 Å². The van der Waals surface area contributed by atoms with Gasteiger partial charge in [0.2, 0.25) is 0 Å². The van der Waals surface area contributed by atoms with Crippen molar-refractivity contribution in [1.29, 1.82) is 0 Å². The fourth-order valence-electron chi connectivity index (χ4n) is 11.9. The summed E-state index contributed by atoms with van der Waals surface area (Å²) in [4.78, 5) is 0. The monoisotopic (exact) mass is 414 g/mol. The Hall–Kier alpha value is -0.0400. The van der Waals surface area contributed by atoms with Gasteiger partial charge in [0.1, 0.15) is 0 Å². The van der Waals surface area contributed by atoms with Crippen LogP contribution in [0.5, 0.6) is 0 Å². The summed E-state index contributed by atoms with van der Waals surface area (Å²) in [5.74, 6) is 4.02. The summed E-state index contributed by atoms with van der Waals surface area (Å²) < 4.78 is 0. The molecular weight excluding hydrogens is 364 g/mol. The first-order valence-electron chi connectivity index (χ1n) is 13.6. The minimum atomic E-state index is -0.119. The van der Waals surface area contributed by atoms with Crippen LogP contribution in [0.4, 0.5) is 0 Å². The summed E-state index contributed by atoms with van der Waals surface area (Å²) in [5, 5.41) is 10.5. The molecule has 1 nitrogen and oxygen atoms in total. The predicted octanol–water partition coefficient (Wildman–Crippen LogP) is 7.86. The Kier molecular flexibility index (Phi) is 4.73. The van der Waals surface area contributed by atoms with E-state index >= 15 is 0 Å². The molecule has 1 heteroatoms. The van der Waals surface area contributed by atoms with Crippen LogP contribution in [0, 0.1) is 56.7 Å². The van der Waals surface area contributed by atoms with Crippen LogP contribution in [0.3, 0.4) is 0 Å². The molecule has 0 spiro atoms. The molecule has 0 heterocycles. The molecule has 0 saturated heterocycles. The van der Waals surface area contributed by atoms with Gasteiger partial charge in [0, 0.05) is 0 Å². The minimum absolute atomic E-state index is 0.119. The van der Waals surface area contributed by atoms with Crippen molar-refractivity contribution in [3.8, 4) is 0 Å². The molecule has 5 rings (SSSR count). The van der Waals surface area contributed by atoms with Gasteiger partial charge in [-0.15, -0.1) is 0 Å². The van der Waals surface area contributed by atoms with Crippen molar-refractivity contribution in [3.63, 3.8) is 0 Å². The summed E-state index contributed by atoms with van der Waals surface area (Å²) in [5.41, 5.74) is 2.55. The highest BCUT2D eigenvalue weighted by atomic mass is 16.3. The van der Waals surface area contributed by atoms with Gasteiger partial charge in [-0.3, -0.25) is 0 Å². The lowest BCUT2D eigenvalue weighted by Gasteiger charge is -2.73. The van der Waals surface area contributed by atoms with E-state index in [1.807, 2.05) is 0 Å². The Bertz CT molecular complexity index is 694. The Labute approximate surface area is 187 Å². The summed E-state index contributed by atoms with van der Waals surface area (Å²) in [6.07, 6.45) is 15.5. The van der Waals surface area contributed by atoms with E-state index in [0.717, 1.165) is 23.7 Å². The second-order valence-corrected chi connectivity index (χ2v) is 14.6. The van der Waals surface area contributed by atoms with Gasteiger partial charge in [-0.25, -0.2) is 0 Å². The van der Waals surface area contributed by atoms with Gasteiger partial charge in [0.25, 0.3) is 0 Å². The van der Waals surface area contributed by atoms with E-state index in [0.29, 0.717) is 33.0 Å². The van der Waals surface area contributed by atoms with Crippen molar-refractivity contribution >= 4 is 0 Å². The lowest BCUT2D eigenvalue weighted by Crippen LogP contribution is -2.65. The van der Waals surface area contributed by atoms with Crippen LogP contribution in [0.2, 0.25) is 0 Å². The topological polar surface area (TPSA) is 20.2 Å². The van der Waals surface area contributed by atoms with E-state index in [1.165, 1.54) is 70.6 Å². The summed E-state index contributed by atoms with van der Waals surface area (Å²) in [6, 6.07) is 0. The molecule has 1 N–H and O–H groups in total. The van der Waals surface area contributed by atoms with Crippen molar-refractivity contribution < 1.29 is 5.11 Å². The van der Waals surface area contributed by atoms with Crippen LogP contribution in [-0.2, 0) is 0 Å². The summed E-state index contributed by atoms with van der Waals surface area (Å²) in [6.45, 7) is 18.1. The maximum Gasteiger partial charge on any atom is 0.0543 e. The van der Waals surface area contributed by atoms with Gasteiger partial charge >= 0.3 is 0 Å². The molecule has 10 atom stereocenters. The van der Waals surface area contributed by atoms with Crippen molar-refractivity contribution in [1.82, 2.24) is 0 Å². The first-order valence-corrected chi connectivity index (χ1v) is 13.6. The van der Waals surface area contributed by atoms with E-state index in [9.17, 15) is 5.11 Å². The fraction of sp³-hybridized carbons (Fsp3) is 1.00. The van der Waals surface area contributed by atoms with Crippen LogP contribution in [0.25, 0.3) is 0 Å².